The summed E-state index contributed by atoms with van der Waals surface area (Å²) >= 11 is 1.63. The van der Waals surface area contributed by atoms with Crippen LogP contribution >= 0.6 is 11.3 Å². The molecule has 240 valence electrons. The monoisotopic (exact) mass is 626 g/mol. The topological polar surface area (TPSA) is 117 Å². The lowest BCUT2D eigenvalue weighted by molar-refractivity contribution is -0.135. The van der Waals surface area contributed by atoms with Crippen LogP contribution in [-0.2, 0) is 33.6 Å². The molecular weight excluding hydrogens is 580 g/mol. The average Bonchev–Trinajstić information content (AvgIpc) is 3.30. The Labute approximate surface area is 264 Å². The molecule has 44 heavy (non-hydrogen) atoms. The van der Waals surface area contributed by atoms with Gasteiger partial charge < -0.3 is 29.9 Å². The summed E-state index contributed by atoms with van der Waals surface area (Å²) in [4.78, 5) is 57.5. The standard InChI is InChI=1S/C33H46N4O6S/c1-23-32(40)36(2)17-7-8-18-37(33(41)29-21-25-10-5-4-6-11-28(25)44-29)19-9-16-34-30(38)15-13-24-12-14-26(42-3)27(20-24)43-22-31(39)35-23/h12,14,20-21,23H,4-11,13,15-19,22H2,1-3H3,(H,34,38)(H,35,39)/t23-/m0/s1. The van der Waals surface area contributed by atoms with Crippen LogP contribution in [0, 0.1) is 0 Å². The van der Waals surface area contributed by atoms with E-state index >= 15 is 0 Å². The van der Waals surface area contributed by atoms with Crippen molar-refractivity contribution in [1.82, 2.24) is 20.4 Å². The Morgan fingerprint density at radius 1 is 0.932 bits per heavy atom. The second-order valence-corrected chi connectivity index (χ2v) is 12.8. The molecule has 0 unspecified atom stereocenters. The number of nitrogens with zero attached hydrogens (tertiary/aromatic N) is 2. The lowest BCUT2D eigenvalue weighted by Gasteiger charge is -2.24. The highest BCUT2D eigenvalue weighted by Crippen LogP contribution is 2.30. The number of fused-ring (bicyclic) bond motifs is 3. The molecule has 2 aliphatic rings. The summed E-state index contributed by atoms with van der Waals surface area (Å²) < 4.78 is 11.1. The van der Waals surface area contributed by atoms with Gasteiger partial charge in [0, 0.05) is 44.5 Å². The molecule has 0 spiro atoms. The molecule has 11 heteroatoms. The molecule has 0 fully saturated rings. The minimum absolute atomic E-state index is 0.0437. The molecule has 1 aliphatic carbocycles. The SMILES string of the molecule is COc1ccc2cc1OCC(=O)N[C@@H](C)C(=O)N(C)CCCCN(C(=O)c1cc3c(s1)CCCCC3)CCCNC(=O)CC2. The third-order valence-corrected chi connectivity index (χ3v) is 9.42. The zero-order chi connectivity index (χ0) is 31.5. The first-order valence-electron chi connectivity index (χ1n) is 15.8. The number of amides is 4. The molecule has 0 radical (unpaired) electrons. The number of benzene rings is 1. The first-order chi connectivity index (χ1) is 21.2. The molecule has 0 saturated carbocycles. The summed E-state index contributed by atoms with van der Waals surface area (Å²) in [6, 6.07) is 6.75. The number of nitrogens with one attached hydrogen (secondary N) is 2. The Morgan fingerprint density at radius 3 is 2.52 bits per heavy atom. The molecule has 0 saturated heterocycles. The van der Waals surface area contributed by atoms with Crippen LogP contribution in [0.25, 0.3) is 0 Å². The third-order valence-electron chi connectivity index (χ3n) is 8.19. The van der Waals surface area contributed by atoms with Crippen LogP contribution in [0.3, 0.4) is 0 Å². The van der Waals surface area contributed by atoms with Gasteiger partial charge in [0.1, 0.15) is 6.04 Å². The molecule has 2 N–H and O–H groups in total. The quantitative estimate of drug-likeness (QED) is 0.491. The number of rotatable bonds is 2. The number of likely N-dealkylation sites (N-methyl/N-ethyl adjacent to an activating group) is 1. The highest BCUT2D eigenvalue weighted by atomic mass is 32.1. The Hall–Kier alpha value is -3.60. The summed E-state index contributed by atoms with van der Waals surface area (Å²) in [6.45, 7) is 3.47. The lowest BCUT2D eigenvalue weighted by Crippen LogP contribution is -2.47. The number of ether oxygens (including phenoxy) is 2. The van der Waals surface area contributed by atoms with E-state index in [2.05, 4.69) is 16.7 Å². The van der Waals surface area contributed by atoms with E-state index in [1.165, 1.54) is 36.8 Å². The molecule has 1 atom stereocenters. The molecule has 2 heterocycles. The van der Waals surface area contributed by atoms with Gasteiger partial charge in [0.25, 0.3) is 11.8 Å². The van der Waals surface area contributed by atoms with Gasteiger partial charge in [-0.25, -0.2) is 0 Å². The second-order valence-electron chi connectivity index (χ2n) is 11.6. The van der Waals surface area contributed by atoms with E-state index in [1.807, 2.05) is 11.0 Å². The van der Waals surface area contributed by atoms with E-state index in [0.717, 1.165) is 29.7 Å². The van der Waals surface area contributed by atoms with Gasteiger partial charge in [-0.2, -0.15) is 0 Å². The predicted octanol–water partition coefficient (Wildman–Crippen LogP) is 3.74. The molecule has 4 amide bonds. The maximum atomic E-state index is 13.7. The third kappa shape index (κ3) is 9.45. The number of aryl methyl sites for hydroxylation is 3. The number of thiophene rings is 1. The fourth-order valence-electron chi connectivity index (χ4n) is 5.66. The molecule has 2 bridgehead atoms. The van der Waals surface area contributed by atoms with Crippen molar-refractivity contribution in [3.63, 3.8) is 0 Å². The van der Waals surface area contributed by atoms with Gasteiger partial charge in [-0.15, -0.1) is 11.3 Å². The summed E-state index contributed by atoms with van der Waals surface area (Å²) in [5.41, 5.74) is 2.19. The minimum atomic E-state index is -0.715. The summed E-state index contributed by atoms with van der Waals surface area (Å²) in [5, 5.41) is 5.70. The maximum absolute atomic E-state index is 13.7. The zero-order valence-electron chi connectivity index (χ0n) is 26.2. The second kappa shape index (κ2) is 16.5. The Balaban J connectivity index is 1.45. The van der Waals surface area contributed by atoms with Gasteiger partial charge in [0.05, 0.1) is 12.0 Å². The fraction of sp³-hybridized carbons (Fsp3) is 0.576. The number of hydrogen-bond donors (Lipinski definition) is 2. The smallest absolute Gasteiger partial charge is 0.263 e. The van der Waals surface area contributed by atoms with Crippen molar-refractivity contribution in [2.45, 2.75) is 77.2 Å². The molecular formula is C33H46N4O6S. The predicted molar refractivity (Wildman–Crippen MR) is 170 cm³/mol. The van der Waals surface area contributed by atoms with Gasteiger partial charge in [-0.1, -0.05) is 12.5 Å². The van der Waals surface area contributed by atoms with Gasteiger partial charge >= 0.3 is 0 Å². The van der Waals surface area contributed by atoms with Crippen molar-refractivity contribution in [3.8, 4) is 11.5 Å². The van der Waals surface area contributed by atoms with E-state index in [4.69, 9.17) is 9.47 Å². The highest BCUT2D eigenvalue weighted by molar-refractivity contribution is 7.14. The summed E-state index contributed by atoms with van der Waals surface area (Å²) in [6.07, 6.45) is 8.54. The van der Waals surface area contributed by atoms with Gasteiger partial charge in [0.15, 0.2) is 18.1 Å². The van der Waals surface area contributed by atoms with Crippen LogP contribution < -0.4 is 20.1 Å². The Morgan fingerprint density at radius 2 is 1.70 bits per heavy atom. The first-order valence-corrected chi connectivity index (χ1v) is 16.6. The fourth-order valence-corrected chi connectivity index (χ4v) is 6.88. The molecule has 4 rings (SSSR count). The van der Waals surface area contributed by atoms with Crippen molar-refractivity contribution in [1.29, 1.82) is 0 Å². The summed E-state index contributed by atoms with van der Waals surface area (Å²) in [7, 11) is 3.24. The van der Waals surface area contributed by atoms with Gasteiger partial charge in [-0.05, 0) is 87.6 Å². The summed E-state index contributed by atoms with van der Waals surface area (Å²) in [5.74, 6) is 0.234. The van der Waals surface area contributed by atoms with Crippen molar-refractivity contribution >= 4 is 35.0 Å². The Kier molecular flexibility index (Phi) is 12.5. The first kappa shape index (κ1) is 33.3. The van der Waals surface area contributed by atoms with Crippen LogP contribution in [0.4, 0.5) is 0 Å². The van der Waals surface area contributed by atoms with E-state index < -0.39 is 11.9 Å². The average molecular weight is 627 g/mol. The number of hydrogen-bond acceptors (Lipinski definition) is 7. The number of methoxy groups -OCH3 is 1. The van der Waals surface area contributed by atoms with Crippen molar-refractivity contribution in [3.05, 3.63) is 45.1 Å². The lowest BCUT2D eigenvalue weighted by atomic mass is 10.1. The minimum Gasteiger partial charge on any atom is -0.493 e. The van der Waals surface area contributed by atoms with Crippen molar-refractivity contribution in [2.75, 3.05) is 46.9 Å². The van der Waals surface area contributed by atoms with E-state index in [0.29, 0.717) is 63.4 Å². The number of carbonyl (C=O) groups is 4. The van der Waals surface area contributed by atoms with E-state index in [1.54, 1.807) is 42.3 Å². The van der Waals surface area contributed by atoms with Crippen LogP contribution in [-0.4, -0.2) is 86.4 Å². The molecule has 10 nitrogen and oxygen atoms in total. The van der Waals surface area contributed by atoms with Gasteiger partial charge in [0.2, 0.25) is 11.8 Å². The molecule has 1 aliphatic heterocycles. The van der Waals surface area contributed by atoms with Gasteiger partial charge in [-0.3, -0.25) is 19.2 Å². The van der Waals surface area contributed by atoms with Crippen LogP contribution in [0.5, 0.6) is 11.5 Å². The molecule has 1 aromatic carbocycles. The maximum Gasteiger partial charge on any atom is 0.263 e. The zero-order valence-corrected chi connectivity index (χ0v) is 27.1. The van der Waals surface area contributed by atoms with Crippen LogP contribution in [0.2, 0.25) is 0 Å². The van der Waals surface area contributed by atoms with Crippen LogP contribution in [0.1, 0.15) is 77.5 Å². The largest absolute Gasteiger partial charge is 0.493 e. The molecule has 2 aromatic rings. The normalized spacial score (nSPS) is 20.2. The number of carbonyl (C=O) groups excluding carboxylic acids is 4. The van der Waals surface area contributed by atoms with Crippen LogP contribution in [0.15, 0.2) is 24.3 Å². The highest BCUT2D eigenvalue weighted by Gasteiger charge is 2.23. The van der Waals surface area contributed by atoms with Crippen molar-refractivity contribution in [2.24, 2.45) is 0 Å². The van der Waals surface area contributed by atoms with Crippen molar-refractivity contribution < 1.29 is 28.7 Å². The Bertz CT molecular complexity index is 1290. The van der Waals surface area contributed by atoms with E-state index in [9.17, 15) is 19.2 Å². The molecule has 1 aromatic heterocycles. The van der Waals surface area contributed by atoms with E-state index in [-0.39, 0.29) is 24.3 Å².